The van der Waals surface area contributed by atoms with Crippen molar-refractivity contribution in [3.05, 3.63) is 60.4 Å². The molecule has 0 aliphatic carbocycles. The summed E-state index contributed by atoms with van der Waals surface area (Å²) < 4.78 is 1.78. The molecule has 6 nitrogen and oxygen atoms in total. The summed E-state index contributed by atoms with van der Waals surface area (Å²) in [4.78, 5) is 27.3. The van der Waals surface area contributed by atoms with Crippen molar-refractivity contribution in [2.24, 2.45) is 5.73 Å². The van der Waals surface area contributed by atoms with E-state index in [2.05, 4.69) is 10.3 Å². The maximum Gasteiger partial charge on any atom is 0.248 e. The van der Waals surface area contributed by atoms with Gasteiger partial charge in [0.2, 0.25) is 11.8 Å². The summed E-state index contributed by atoms with van der Waals surface area (Å²) in [6, 6.07) is 14.0. The van der Waals surface area contributed by atoms with E-state index in [1.165, 1.54) is 0 Å². The van der Waals surface area contributed by atoms with E-state index in [1.54, 1.807) is 35.2 Å². The maximum absolute atomic E-state index is 12.1. The van der Waals surface area contributed by atoms with Gasteiger partial charge in [-0.15, -0.1) is 0 Å². The molecule has 3 rings (SSSR count). The molecule has 0 atom stereocenters. The molecule has 2 amide bonds. The fourth-order valence-electron chi connectivity index (χ4n) is 2.21. The molecule has 0 unspecified atom stereocenters. The van der Waals surface area contributed by atoms with E-state index in [9.17, 15) is 9.59 Å². The molecule has 110 valence electrons. The fourth-order valence-corrected chi connectivity index (χ4v) is 2.21. The first-order valence-electron chi connectivity index (χ1n) is 6.73. The van der Waals surface area contributed by atoms with E-state index in [1.807, 2.05) is 24.3 Å². The summed E-state index contributed by atoms with van der Waals surface area (Å²) in [7, 11) is 0. The third-order valence-corrected chi connectivity index (χ3v) is 3.29. The van der Waals surface area contributed by atoms with Crippen LogP contribution in [0.1, 0.15) is 10.4 Å². The molecular weight excluding hydrogens is 280 g/mol. The van der Waals surface area contributed by atoms with Crippen molar-refractivity contribution < 1.29 is 9.59 Å². The van der Waals surface area contributed by atoms with Gasteiger partial charge in [0.1, 0.15) is 6.54 Å². The van der Waals surface area contributed by atoms with Gasteiger partial charge in [0.05, 0.1) is 17.4 Å². The van der Waals surface area contributed by atoms with Crippen molar-refractivity contribution in [1.82, 2.24) is 9.55 Å². The topological polar surface area (TPSA) is 90.0 Å². The predicted octanol–water partition coefficient (Wildman–Crippen LogP) is 1.77. The van der Waals surface area contributed by atoms with Gasteiger partial charge < -0.3 is 15.6 Å². The number of imidazole rings is 1. The van der Waals surface area contributed by atoms with Gasteiger partial charge >= 0.3 is 0 Å². The Morgan fingerprint density at radius 2 is 1.82 bits per heavy atom. The van der Waals surface area contributed by atoms with Crippen LogP contribution in [0.15, 0.2) is 54.9 Å². The Hall–Kier alpha value is -3.15. The first-order valence-corrected chi connectivity index (χ1v) is 6.73. The van der Waals surface area contributed by atoms with Crippen molar-refractivity contribution >= 4 is 28.5 Å². The van der Waals surface area contributed by atoms with Crippen molar-refractivity contribution in [3.63, 3.8) is 0 Å². The second-order valence-electron chi connectivity index (χ2n) is 4.85. The fraction of sp³-hybridized carbons (Fsp3) is 0.0625. The summed E-state index contributed by atoms with van der Waals surface area (Å²) >= 11 is 0. The number of nitrogens with one attached hydrogen (secondary N) is 1. The average molecular weight is 294 g/mol. The lowest BCUT2D eigenvalue weighted by molar-refractivity contribution is -0.116. The Morgan fingerprint density at radius 1 is 1.09 bits per heavy atom. The smallest absolute Gasteiger partial charge is 0.248 e. The van der Waals surface area contributed by atoms with Gasteiger partial charge in [-0.3, -0.25) is 9.59 Å². The van der Waals surface area contributed by atoms with Crippen LogP contribution in [0.25, 0.3) is 11.0 Å². The first-order chi connectivity index (χ1) is 10.6. The molecule has 0 spiro atoms. The monoisotopic (exact) mass is 294 g/mol. The summed E-state index contributed by atoms with van der Waals surface area (Å²) in [5.41, 5.74) is 7.94. The summed E-state index contributed by atoms with van der Waals surface area (Å²) in [5, 5.41) is 2.77. The zero-order chi connectivity index (χ0) is 15.5. The number of fused-ring (bicyclic) bond motifs is 1. The minimum absolute atomic E-state index is 0.165. The zero-order valence-corrected chi connectivity index (χ0v) is 11.7. The number of aromatic nitrogens is 2. The van der Waals surface area contributed by atoms with Crippen LogP contribution in [0.3, 0.4) is 0 Å². The summed E-state index contributed by atoms with van der Waals surface area (Å²) in [6.45, 7) is 0.165. The Labute approximate surface area is 126 Å². The number of hydrogen-bond acceptors (Lipinski definition) is 3. The standard InChI is InChI=1S/C16H14N4O2/c17-16(22)11-5-7-12(8-6-11)19-15(21)9-20-10-18-13-3-1-2-4-14(13)20/h1-8,10H,9H2,(H2,17,22)(H,19,21). The molecule has 2 aromatic carbocycles. The number of nitrogens with zero attached hydrogens (tertiary/aromatic N) is 2. The molecule has 0 aliphatic rings. The van der Waals surface area contributed by atoms with Gasteiger partial charge in [-0.25, -0.2) is 4.98 Å². The zero-order valence-electron chi connectivity index (χ0n) is 11.7. The number of carbonyl (C=O) groups is 2. The number of carbonyl (C=O) groups excluding carboxylic acids is 2. The molecule has 1 aromatic heterocycles. The Balaban J connectivity index is 1.71. The molecule has 0 fully saturated rings. The van der Waals surface area contributed by atoms with Gasteiger partial charge in [0.25, 0.3) is 0 Å². The second-order valence-corrected chi connectivity index (χ2v) is 4.85. The van der Waals surface area contributed by atoms with E-state index in [-0.39, 0.29) is 12.5 Å². The molecule has 3 aromatic rings. The quantitative estimate of drug-likeness (QED) is 0.768. The third-order valence-electron chi connectivity index (χ3n) is 3.29. The van der Waals surface area contributed by atoms with Crippen LogP contribution in [-0.4, -0.2) is 21.4 Å². The lowest BCUT2D eigenvalue weighted by atomic mass is 10.2. The summed E-state index contributed by atoms with van der Waals surface area (Å²) in [6.07, 6.45) is 1.64. The van der Waals surface area contributed by atoms with Crippen molar-refractivity contribution in [2.75, 3.05) is 5.32 Å². The van der Waals surface area contributed by atoms with Crippen LogP contribution in [0, 0.1) is 0 Å². The number of benzene rings is 2. The average Bonchev–Trinajstić information content (AvgIpc) is 2.91. The number of primary amides is 1. The molecule has 3 N–H and O–H groups in total. The van der Waals surface area contributed by atoms with Crippen LogP contribution in [0.2, 0.25) is 0 Å². The van der Waals surface area contributed by atoms with Gasteiger partial charge in [0, 0.05) is 11.3 Å². The van der Waals surface area contributed by atoms with Crippen molar-refractivity contribution in [1.29, 1.82) is 0 Å². The molecule has 22 heavy (non-hydrogen) atoms. The predicted molar refractivity (Wildman–Crippen MR) is 83.3 cm³/mol. The van der Waals surface area contributed by atoms with E-state index >= 15 is 0 Å². The normalized spacial score (nSPS) is 10.5. The number of hydrogen-bond donors (Lipinski definition) is 2. The van der Waals surface area contributed by atoms with E-state index in [0.29, 0.717) is 11.3 Å². The Morgan fingerprint density at radius 3 is 2.55 bits per heavy atom. The Kier molecular flexibility index (Phi) is 3.57. The number of para-hydroxylation sites is 2. The van der Waals surface area contributed by atoms with Crippen LogP contribution in [0.5, 0.6) is 0 Å². The highest BCUT2D eigenvalue weighted by atomic mass is 16.2. The van der Waals surface area contributed by atoms with Crippen LogP contribution in [-0.2, 0) is 11.3 Å². The molecule has 0 radical (unpaired) electrons. The number of anilines is 1. The maximum atomic E-state index is 12.1. The largest absolute Gasteiger partial charge is 0.366 e. The highest BCUT2D eigenvalue weighted by Crippen LogP contribution is 2.13. The second kappa shape index (κ2) is 5.69. The first kappa shape index (κ1) is 13.8. The lowest BCUT2D eigenvalue weighted by Gasteiger charge is -2.07. The minimum Gasteiger partial charge on any atom is -0.366 e. The highest BCUT2D eigenvalue weighted by molar-refractivity contribution is 5.95. The molecule has 6 heteroatoms. The molecule has 0 aliphatic heterocycles. The van der Waals surface area contributed by atoms with Gasteiger partial charge in [0.15, 0.2) is 0 Å². The SMILES string of the molecule is NC(=O)c1ccc(NC(=O)Cn2cnc3ccccc32)cc1. The Bertz CT molecular complexity index is 837. The number of rotatable bonds is 4. The molecule has 0 saturated carbocycles. The number of amides is 2. The van der Waals surface area contributed by atoms with Gasteiger partial charge in [-0.05, 0) is 36.4 Å². The third kappa shape index (κ3) is 2.80. The highest BCUT2D eigenvalue weighted by Gasteiger charge is 2.07. The lowest BCUT2D eigenvalue weighted by Crippen LogP contribution is -2.18. The number of nitrogens with two attached hydrogens (primary N) is 1. The van der Waals surface area contributed by atoms with E-state index in [0.717, 1.165) is 11.0 Å². The van der Waals surface area contributed by atoms with Gasteiger partial charge in [-0.1, -0.05) is 12.1 Å². The van der Waals surface area contributed by atoms with Crippen molar-refractivity contribution in [2.45, 2.75) is 6.54 Å². The summed E-state index contributed by atoms with van der Waals surface area (Å²) in [5.74, 6) is -0.669. The molecule has 1 heterocycles. The van der Waals surface area contributed by atoms with E-state index < -0.39 is 5.91 Å². The van der Waals surface area contributed by atoms with Crippen molar-refractivity contribution in [3.8, 4) is 0 Å². The molecule has 0 saturated heterocycles. The van der Waals surface area contributed by atoms with E-state index in [4.69, 9.17) is 5.73 Å². The van der Waals surface area contributed by atoms with Gasteiger partial charge in [-0.2, -0.15) is 0 Å². The minimum atomic E-state index is -0.497. The molecule has 0 bridgehead atoms. The van der Waals surface area contributed by atoms with Crippen LogP contribution < -0.4 is 11.1 Å². The van der Waals surface area contributed by atoms with Crippen LogP contribution in [0.4, 0.5) is 5.69 Å². The molecular formula is C16H14N4O2. The van der Waals surface area contributed by atoms with Crippen LogP contribution >= 0.6 is 0 Å².